The molecule has 7 heteroatoms. The molecule has 0 unspecified atom stereocenters. The molecule has 21 heavy (non-hydrogen) atoms. The van der Waals surface area contributed by atoms with Crippen molar-refractivity contribution in [1.29, 1.82) is 0 Å². The molecule has 0 aliphatic heterocycles. The molecule has 0 saturated heterocycles. The molecule has 1 heterocycles. The summed E-state index contributed by atoms with van der Waals surface area (Å²) in [5.41, 5.74) is 5.28. The summed E-state index contributed by atoms with van der Waals surface area (Å²) in [7, 11) is 0. The Balaban J connectivity index is 2.40. The monoisotopic (exact) mass is 293 g/mol. The first kappa shape index (κ1) is 14.7. The van der Waals surface area contributed by atoms with E-state index in [2.05, 4.69) is 10.3 Å². The summed E-state index contributed by atoms with van der Waals surface area (Å²) < 4.78 is 32.4. The predicted molar refractivity (Wildman–Crippen MR) is 73.4 cm³/mol. The topological polar surface area (TPSA) is 77.2 Å². The quantitative estimate of drug-likeness (QED) is 0.888. The van der Waals surface area contributed by atoms with E-state index < -0.39 is 23.4 Å². The summed E-state index contributed by atoms with van der Waals surface area (Å²) in [5.74, 6) is -3.06. The highest BCUT2D eigenvalue weighted by atomic mass is 19.1. The molecule has 0 fully saturated rings. The van der Waals surface area contributed by atoms with Gasteiger partial charge in [0.15, 0.2) is 17.5 Å². The van der Waals surface area contributed by atoms with Crippen LogP contribution in [-0.2, 0) is 0 Å². The first-order valence-electron chi connectivity index (χ1n) is 6.19. The van der Waals surface area contributed by atoms with Gasteiger partial charge in [0.1, 0.15) is 5.75 Å². The highest BCUT2D eigenvalue weighted by Crippen LogP contribution is 2.28. The number of para-hydroxylation sites is 1. The molecule has 2 aromatic rings. The Hall–Kier alpha value is -2.70. The molecule has 0 aliphatic rings. The third kappa shape index (κ3) is 3.25. The number of nitrogens with two attached hydrogens (primary N) is 1. The molecule has 0 saturated carbocycles. The third-order valence-corrected chi connectivity index (χ3v) is 2.60. The van der Waals surface area contributed by atoms with Crippen molar-refractivity contribution < 1.29 is 18.3 Å². The number of rotatable bonds is 5. The number of benzene rings is 1. The number of nitrogens with zero attached hydrogens (tertiary/aromatic N) is 1. The number of ether oxygens (including phenoxy) is 1. The molecule has 3 N–H and O–H groups in total. The zero-order valence-corrected chi connectivity index (χ0v) is 11.2. The molecular formula is C14H13F2N3O2. The lowest BCUT2D eigenvalue weighted by molar-refractivity contribution is 0.0998. The minimum Gasteiger partial charge on any atom is -0.436 e. The van der Waals surface area contributed by atoms with Crippen molar-refractivity contribution in [2.45, 2.75) is 6.92 Å². The van der Waals surface area contributed by atoms with Crippen LogP contribution < -0.4 is 15.8 Å². The third-order valence-electron chi connectivity index (χ3n) is 2.60. The maximum absolute atomic E-state index is 13.7. The number of carbonyl (C=O) groups excluding carboxylic acids is 1. The van der Waals surface area contributed by atoms with Gasteiger partial charge in [-0.2, -0.15) is 4.98 Å². The maximum Gasteiger partial charge on any atom is 0.258 e. The summed E-state index contributed by atoms with van der Waals surface area (Å²) in [6.45, 7) is 2.15. The first-order valence-corrected chi connectivity index (χ1v) is 6.19. The van der Waals surface area contributed by atoms with E-state index in [0.29, 0.717) is 12.6 Å². The summed E-state index contributed by atoms with van der Waals surface area (Å²) in [6, 6.07) is 6.72. The van der Waals surface area contributed by atoms with E-state index >= 15 is 0 Å². The lowest BCUT2D eigenvalue weighted by atomic mass is 10.2. The van der Waals surface area contributed by atoms with E-state index in [4.69, 9.17) is 10.5 Å². The first-order chi connectivity index (χ1) is 10.0. The van der Waals surface area contributed by atoms with Crippen LogP contribution in [0.2, 0.25) is 0 Å². The summed E-state index contributed by atoms with van der Waals surface area (Å²) in [6.07, 6.45) is 0. The summed E-state index contributed by atoms with van der Waals surface area (Å²) >= 11 is 0. The number of aromatic nitrogens is 1. The number of carbonyl (C=O) groups is 1. The Bertz CT molecular complexity index is 677. The highest BCUT2D eigenvalue weighted by molar-refractivity contribution is 5.95. The largest absolute Gasteiger partial charge is 0.436 e. The van der Waals surface area contributed by atoms with E-state index in [1.165, 1.54) is 12.1 Å². The van der Waals surface area contributed by atoms with Gasteiger partial charge in [0.05, 0.1) is 5.56 Å². The van der Waals surface area contributed by atoms with E-state index in [0.717, 1.165) is 0 Å². The van der Waals surface area contributed by atoms with Gasteiger partial charge in [0, 0.05) is 12.6 Å². The standard InChI is InChI=1S/C14H13F2N3O2/c1-2-18-13-9(15)7-10(16)14(19-13)21-11-6-4-3-5-8(11)12(17)20/h3-7H,2H2,1H3,(H2,17,20)(H,18,19). The van der Waals surface area contributed by atoms with Crippen molar-refractivity contribution in [3.8, 4) is 11.6 Å². The average molecular weight is 293 g/mol. The number of anilines is 1. The molecule has 0 atom stereocenters. The van der Waals surface area contributed by atoms with E-state index in [1.54, 1.807) is 19.1 Å². The Morgan fingerprint density at radius 2 is 2.05 bits per heavy atom. The molecule has 0 bridgehead atoms. The molecule has 1 aromatic carbocycles. The normalized spacial score (nSPS) is 10.2. The van der Waals surface area contributed by atoms with Crippen LogP contribution >= 0.6 is 0 Å². The van der Waals surface area contributed by atoms with Gasteiger partial charge in [-0.05, 0) is 19.1 Å². The van der Waals surface area contributed by atoms with Crippen molar-refractivity contribution in [1.82, 2.24) is 4.98 Å². The van der Waals surface area contributed by atoms with Crippen LogP contribution in [0.3, 0.4) is 0 Å². The van der Waals surface area contributed by atoms with Crippen molar-refractivity contribution >= 4 is 11.7 Å². The van der Waals surface area contributed by atoms with Gasteiger partial charge in [0.25, 0.3) is 11.8 Å². The molecule has 1 aromatic heterocycles. The lowest BCUT2D eigenvalue weighted by Gasteiger charge is -2.11. The van der Waals surface area contributed by atoms with E-state index in [9.17, 15) is 13.6 Å². The molecule has 0 aliphatic carbocycles. The molecule has 0 spiro atoms. The van der Waals surface area contributed by atoms with E-state index in [1.807, 2.05) is 0 Å². The number of halogens is 2. The zero-order valence-electron chi connectivity index (χ0n) is 11.2. The Labute approximate surface area is 119 Å². The van der Waals surface area contributed by atoms with Gasteiger partial charge in [0.2, 0.25) is 0 Å². The molecule has 2 rings (SSSR count). The molecular weight excluding hydrogens is 280 g/mol. The number of nitrogens with one attached hydrogen (secondary N) is 1. The number of amides is 1. The van der Waals surface area contributed by atoms with Crippen LogP contribution in [0.25, 0.3) is 0 Å². The molecule has 1 amide bonds. The van der Waals surface area contributed by atoms with Crippen molar-refractivity contribution in [2.75, 3.05) is 11.9 Å². The van der Waals surface area contributed by atoms with Crippen LogP contribution in [0, 0.1) is 11.6 Å². The molecule has 0 radical (unpaired) electrons. The second-order valence-electron chi connectivity index (χ2n) is 4.10. The van der Waals surface area contributed by atoms with Crippen LogP contribution in [0.4, 0.5) is 14.6 Å². The van der Waals surface area contributed by atoms with Crippen molar-refractivity contribution in [2.24, 2.45) is 5.73 Å². The summed E-state index contributed by atoms with van der Waals surface area (Å²) in [4.78, 5) is 15.0. The average Bonchev–Trinajstić information content (AvgIpc) is 2.44. The summed E-state index contributed by atoms with van der Waals surface area (Å²) in [5, 5.41) is 2.64. The molecule has 5 nitrogen and oxygen atoms in total. The predicted octanol–water partition coefficient (Wildman–Crippen LogP) is 2.68. The van der Waals surface area contributed by atoms with Gasteiger partial charge >= 0.3 is 0 Å². The van der Waals surface area contributed by atoms with Crippen LogP contribution in [0.1, 0.15) is 17.3 Å². The fourth-order valence-electron chi connectivity index (χ4n) is 1.68. The van der Waals surface area contributed by atoms with Crippen LogP contribution in [0.5, 0.6) is 11.6 Å². The van der Waals surface area contributed by atoms with Crippen molar-refractivity contribution in [3.05, 3.63) is 47.5 Å². The number of hydrogen-bond donors (Lipinski definition) is 2. The van der Waals surface area contributed by atoms with Gasteiger partial charge in [-0.1, -0.05) is 12.1 Å². The Morgan fingerprint density at radius 3 is 2.71 bits per heavy atom. The second-order valence-corrected chi connectivity index (χ2v) is 4.10. The van der Waals surface area contributed by atoms with Gasteiger partial charge in [-0.15, -0.1) is 0 Å². The minimum atomic E-state index is -0.978. The lowest BCUT2D eigenvalue weighted by Crippen LogP contribution is -2.12. The Kier molecular flexibility index (Phi) is 4.32. The fraction of sp³-hybridized carbons (Fsp3) is 0.143. The van der Waals surface area contributed by atoms with Gasteiger partial charge < -0.3 is 15.8 Å². The van der Waals surface area contributed by atoms with E-state index in [-0.39, 0.29) is 17.1 Å². The number of primary amides is 1. The van der Waals surface area contributed by atoms with Gasteiger partial charge in [-0.3, -0.25) is 4.79 Å². The Morgan fingerprint density at radius 1 is 1.33 bits per heavy atom. The SMILES string of the molecule is CCNc1nc(Oc2ccccc2C(N)=O)c(F)cc1F. The van der Waals surface area contributed by atoms with Gasteiger partial charge in [-0.25, -0.2) is 8.78 Å². The second kappa shape index (κ2) is 6.17. The number of hydrogen-bond acceptors (Lipinski definition) is 4. The van der Waals surface area contributed by atoms with Crippen molar-refractivity contribution in [3.63, 3.8) is 0 Å². The molecule has 110 valence electrons. The van der Waals surface area contributed by atoms with Crippen LogP contribution in [0.15, 0.2) is 30.3 Å². The maximum atomic E-state index is 13.7. The minimum absolute atomic E-state index is 0.0467. The fourth-order valence-corrected chi connectivity index (χ4v) is 1.68. The smallest absolute Gasteiger partial charge is 0.258 e. The number of pyridine rings is 1. The zero-order chi connectivity index (χ0) is 15.4. The highest BCUT2D eigenvalue weighted by Gasteiger charge is 2.16. The van der Waals surface area contributed by atoms with Crippen LogP contribution in [-0.4, -0.2) is 17.4 Å².